The number of hydrogen-bond acceptors (Lipinski definition) is 6. The molecule has 0 spiro atoms. The van der Waals surface area contributed by atoms with Crippen molar-refractivity contribution in [2.24, 2.45) is 11.8 Å². The lowest BCUT2D eigenvalue weighted by atomic mass is 9.87. The fraction of sp³-hybridized carbons (Fsp3) is 0.529. The molecular formula is C34H50N4O6. The minimum atomic E-state index is -0.630. The number of phenolic OH excluding ortho intramolecular Hbond substituents is 2. The molecule has 2 aromatic carbocycles. The zero-order valence-electron chi connectivity index (χ0n) is 26.6. The molecule has 0 aromatic heterocycles. The Morgan fingerprint density at radius 3 is 1.43 bits per heavy atom. The van der Waals surface area contributed by atoms with Crippen LogP contribution >= 0.6 is 0 Å². The largest absolute Gasteiger partial charge is 0.507 e. The van der Waals surface area contributed by atoms with Gasteiger partial charge in [0.25, 0.3) is 11.8 Å². The summed E-state index contributed by atoms with van der Waals surface area (Å²) in [5, 5.41) is 20.4. The van der Waals surface area contributed by atoms with Crippen LogP contribution in [0.15, 0.2) is 36.4 Å². The van der Waals surface area contributed by atoms with Gasteiger partial charge in [-0.25, -0.2) is 0 Å². The Morgan fingerprint density at radius 2 is 1.02 bits per heavy atom. The van der Waals surface area contributed by atoms with Gasteiger partial charge in [-0.05, 0) is 80.3 Å². The molecular weight excluding hydrogens is 560 g/mol. The standard InChI is InChI=1S/C34H50N4O6/c1-5-9-13-23-16-18-29(39)27(20-23)33(43)37-35-31(41)25(12-8-4)22-26(15-11-7-3)32(42)36-38-34(44)28-21-24(14-10-6-2)17-19-30(28)40/h16-21,25-26,39-40H,5-15,22H2,1-4H3,(H,35,41)(H,36,42)(H,37,43)(H,38,44). The second kappa shape index (κ2) is 19.2. The summed E-state index contributed by atoms with van der Waals surface area (Å²) in [4.78, 5) is 52.0. The molecule has 0 bridgehead atoms. The van der Waals surface area contributed by atoms with Crippen LogP contribution in [0.5, 0.6) is 11.5 Å². The molecule has 10 nitrogen and oxygen atoms in total. The van der Waals surface area contributed by atoms with Crippen molar-refractivity contribution in [2.75, 3.05) is 0 Å². The summed E-state index contributed by atoms with van der Waals surface area (Å²) in [5.74, 6) is -3.63. The van der Waals surface area contributed by atoms with Gasteiger partial charge < -0.3 is 10.2 Å². The Labute approximate surface area is 261 Å². The number of amides is 4. The summed E-state index contributed by atoms with van der Waals surface area (Å²) in [6, 6.07) is 9.74. The Morgan fingerprint density at radius 1 is 0.591 bits per heavy atom. The molecule has 2 atom stereocenters. The number of unbranched alkanes of at least 4 members (excludes halogenated alkanes) is 3. The maximum Gasteiger partial charge on any atom is 0.273 e. The number of hydrogen-bond donors (Lipinski definition) is 6. The van der Waals surface area contributed by atoms with E-state index in [1.165, 1.54) is 12.1 Å². The Hall–Kier alpha value is -4.08. The molecule has 2 aromatic rings. The van der Waals surface area contributed by atoms with Gasteiger partial charge in [-0.3, -0.25) is 40.9 Å². The van der Waals surface area contributed by atoms with Crippen molar-refractivity contribution in [1.82, 2.24) is 21.7 Å². The summed E-state index contributed by atoms with van der Waals surface area (Å²) in [6.45, 7) is 8.08. The van der Waals surface area contributed by atoms with E-state index in [1.807, 2.05) is 13.8 Å². The number of hydrazine groups is 2. The molecule has 10 heteroatoms. The zero-order valence-corrected chi connectivity index (χ0v) is 26.6. The number of phenols is 2. The predicted octanol–water partition coefficient (Wildman–Crippen LogP) is 5.62. The van der Waals surface area contributed by atoms with Gasteiger partial charge in [0.15, 0.2) is 0 Å². The minimum absolute atomic E-state index is 0.0730. The van der Waals surface area contributed by atoms with Gasteiger partial charge in [-0.2, -0.15) is 0 Å². The number of aryl methyl sites for hydroxylation is 2. The molecule has 2 unspecified atom stereocenters. The zero-order chi connectivity index (χ0) is 32.5. The van der Waals surface area contributed by atoms with Gasteiger partial charge in [0.2, 0.25) is 11.8 Å². The van der Waals surface area contributed by atoms with E-state index in [-0.39, 0.29) is 29.0 Å². The molecule has 2 rings (SSSR count). The molecule has 0 fully saturated rings. The van der Waals surface area contributed by atoms with Crippen LogP contribution in [0.3, 0.4) is 0 Å². The molecule has 44 heavy (non-hydrogen) atoms. The highest BCUT2D eigenvalue weighted by molar-refractivity contribution is 5.99. The SMILES string of the molecule is CCCCc1ccc(O)c(C(=O)NNC(=O)C(CCC)CC(CCCC)C(=O)NNC(=O)c2cc(CCCC)ccc2O)c1. The second-order valence-corrected chi connectivity index (χ2v) is 11.4. The van der Waals surface area contributed by atoms with Crippen LogP contribution in [0.4, 0.5) is 0 Å². The molecule has 242 valence electrons. The van der Waals surface area contributed by atoms with Crippen molar-refractivity contribution in [1.29, 1.82) is 0 Å². The van der Waals surface area contributed by atoms with Crippen LogP contribution in [0, 0.1) is 11.8 Å². The molecule has 0 saturated heterocycles. The smallest absolute Gasteiger partial charge is 0.273 e. The van der Waals surface area contributed by atoms with Gasteiger partial charge in [0.1, 0.15) is 11.5 Å². The maximum atomic E-state index is 13.2. The van der Waals surface area contributed by atoms with Crippen LogP contribution in [0.25, 0.3) is 0 Å². The average molecular weight is 611 g/mol. The molecule has 0 saturated carbocycles. The lowest BCUT2D eigenvalue weighted by molar-refractivity contribution is -0.129. The van der Waals surface area contributed by atoms with Crippen molar-refractivity contribution >= 4 is 23.6 Å². The van der Waals surface area contributed by atoms with E-state index in [0.717, 1.165) is 62.5 Å². The molecule has 0 aliphatic carbocycles. The highest BCUT2D eigenvalue weighted by atomic mass is 16.3. The van der Waals surface area contributed by atoms with Crippen molar-refractivity contribution in [3.63, 3.8) is 0 Å². The first kappa shape index (κ1) is 36.1. The number of carbonyl (C=O) groups is 4. The summed E-state index contributed by atoms with van der Waals surface area (Å²) >= 11 is 0. The molecule has 4 amide bonds. The lowest BCUT2D eigenvalue weighted by Crippen LogP contribution is -2.47. The van der Waals surface area contributed by atoms with Crippen molar-refractivity contribution < 1.29 is 29.4 Å². The van der Waals surface area contributed by atoms with Gasteiger partial charge in [-0.1, -0.05) is 71.9 Å². The number of benzene rings is 2. The van der Waals surface area contributed by atoms with Crippen LogP contribution in [-0.4, -0.2) is 33.8 Å². The van der Waals surface area contributed by atoms with Gasteiger partial charge in [0, 0.05) is 11.8 Å². The third-order valence-corrected chi connectivity index (χ3v) is 7.70. The van der Waals surface area contributed by atoms with E-state index in [1.54, 1.807) is 24.3 Å². The van der Waals surface area contributed by atoms with Gasteiger partial charge in [-0.15, -0.1) is 0 Å². The van der Waals surface area contributed by atoms with E-state index < -0.39 is 35.5 Å². The maximum absolute atomic E-state index is 13.2. The van der Waals surface area contributed by atoms with E-state index in [4.69, 9.17) is 0 Å². The van der Waals surface area contributed by atoms with Crippen molar-refractivity contribution in [2.45, 2.75) is 105 Å². The van der Waals surface area contributed by atoms with Crippen molar-refractivity contribution in [3.8, 4) is 11.5 Å². The van der Waals surface area contributed by atoms with Crippen LogP contribution in [-0.2, 0) is 22.4 Å². The van der Waals surface area contributed by atoms with Crippen LogP contribution in [0.2, 0.25) is 0 Å². The molecule has 6 N–H and O–H groups in total. The summed E-state index contributed by atoms with van der Waals surface area (Å²) in [6.07, 6.45) is 8.92. The fourth-order valence-electron chi connectivity index (χ4n) is 5.03. The first-order chi connectivity index (χ1) is 21.1. The normalized spacial score (nSPS) is 12.2. The number of rotatable bonds is 17. The van der Waals surface area contributed by atoms with Crippen LogP contribution < -0.4 is 21.7 Å². The molecule has 0 aliphatic rings. The molecule has 0 heterocycles. The number of aromatic hydroxyl groups is 2. The monoisotopic (exact) mass is 610 g/mol. The van der Waals surface area contributed by atoms with E-state index in [9.17, 15) is 29.4 Å². The number of nitrogens with one attached hydrogen (secondary N) is 4. The quantitative estimate of drug-likeness (QED) is 0.128. The minimum Gasteiger partial charge on any atom is -0.507 e. The summed E-state index contributed by atoms with van der Waals surface area (Å²) in [5.41, 5.74) is 11.8. The second-order valence-electron chi connectivity index (χ2n) is 11.4. The fourth-order valence-corrected chi connectivity index (χ4v) is 5.03. The molecule has 0 radical (unpaired) electrons. The van der Waals surface area contributed by atoms with Gasteiger partial charge >= 0.3 is 0 Å². The third kappa shape index (κ3) is 11.5. The molecule has 0 aliphatic heterocycles. The van der Waals surface area contributed by atoms with Crippen molar-refractivity contribution in [3.05, 3.63) is 58.7 Å². The average Bonchev–Trinajstić information content (AvgIpc) is 3.02. The van der Waals surface area contributed by atoms with Gasteiger partial charge in [0.05, 0.1) is 11.1 Å². The Kier molecular flexibility index (Phi) is 15.8. The van der Waals surface area contributed by atoms with Crippen LogP contribution in [0.1, 0.15) is 124 Å². The first-order valence-corrected chi connectivity index (χ1v) is 16.0. The highest BCUT2D eigenvalue weighted by Crippen LogP contribution is 2.24. The Balaban J connectivity index is 2.06. The number of carbonyl (C=O) groups excluding carboxylic acids is 4. The predicted molar refractivity (Wildman–Crippen MR) is 171 cm³/mol. The van der Waals surface area contributed by atoms with E-state index in [2.05, 4.69) is 35.6 Å². The first-order valence-electron chi connectivity index (χ1n) is 16.0. The topological polar surface area (TPSA) is 157 Å². The lowest BCUT2D eigenvalue weighted by Gasteiger charge is -2.23. The highest BCUT2D eigenvalue weighted by Gasteiger charge is 2.28. The Bertz CT molecular complexity index is 1250. The van der Waals surface area contributed by atoms with E-state index in [0.29, 0.717) is 19.3 Å². The third-order valence-electron chi connectivity index (χ3n) is 7.70. The summed E-state index contributed by atoms with van der Waals surface area (Å²) in [7, 11) is 0. The summed E-state index contributed by atoms with van der Waals surface area (Å²) < 4.78 is 0. The van der Waals surface area contributed by atoms with E-state index >= 15 is 0 Å².